The Bertz CT molecular complexity index is 1640. The number of carbonyl (C=O) groups is 2. The lowest BCUT2D eigenvalue weighted by atomic mass is 9.69. The Morgan fingerprint density at radius 1 is 0.647 bits per heavy atom. The van der Waals surface area contributed by atoms with Crippen LogP contribution >= 0.6 is 0 Å². The molecule has 0 aromatic carbocycles. The number of ether oxygens (including phenoxy) is 3. The molecule has 0 aromatic heterocycles. The van der Waals surface area contributed by atoms with Crippen molar-refractivity contribution in [2.75, 3.05) is 37.8 Å². The monoisotopic (exact) mass is 758 g/mol. The lowest BCUT2D eigenvalue weighted by molar-refractivity contribution is -0.866. The molecule has 4 saturated carbocycles. The summed E-state index contributed by atoms with van der Waals surface area (Å²) in [6.07, 6.45) is 1.30. The molecule has 0 aromatic rings. The number of fused-ring (bicyclic) bond motifs is 10. The van der Waals surface area contributed by atoms with Crippen LogP contribution in [0, 0.1) is 45.3 Å². The van der Waals surface area contributed by atoms with Crippen molar-refractivity contribution >= 4 is 32.2 Å². The predicted molar refractivity (Wildman–Crippen MR) is 184 cm³/mol. The van der Waals surface area contributed by atoms with Crippen molar-refractivity contribution in [3.05, 3.63) is 0 Å². The van der Waals surface area contributed by atoms with Crippen molar-refractivity contribution in [1.29, 1.82) is 0 Å². The summed E-state index contributed by atoms with van der Waals surface area (Å²) < 4.78 is 76.8. The van der Waals surface area contributed by atoms with E-state index < -0.39 is 84.6 Å². The van der Waals surface area contributed by atoms with Crippen LogP contribution in [0.4, 0.5) is 9.59 Å². The Labute approximate surface area is 302 Å². The molecule has 4 bridgehead atoms. The van der Waals surface area contributed by atoms with Crippen molar-refractivity contribution in [3.8, 4) is 0 Å². The highest BCUT2D eigenvalue weighted by Crippen LogP contribution is 2.73. The summed E-state index contributed by atoms with van der Waals surface area (Å²) in [5, 5.41) is 22.2. The maximum atomic E-state index is 15.1. The normalized spacial score (nSPS) is 50.5. The van der Waals surface area contributed by atoms with Gasteiger partial charge in [-0.15, -0.1) is 0 Å². The van der Waals surface area contributed by atoms with E-state index >= 15 is 16.8 Å². The minimum absolute atomic E-state index is 0.00556. The zero-order valence-electron chi connectivity index (χ0n) is 31.1. The van der Waals surface area contributed by atoms with E-state index in [0.717, 1.165) is 25.7 Å². The first kappa shape index (κ1) is 36.6. The van der Waals surface area contributed by atoms with E-state index in [1.165, 1.54) is 13.8 Å². The lowest BCUT2D eigenvalue weighted by Gasteiger charge is -2.49. The number of rotatable bonds is 8. The van der Waals surface area contributed by atoms with Gasteiger partial charge in [0, 0.05) is 63.6 Å². The van der Waals surface area contributed by atoms with E-state index in [2.05, 4.69) is 27.7 Å². The molecule has 4 aliphatic carbocycles. The van der Waals surface area contributed by atoms with Gasteiger partial charge in [0.05, 0.1) is 12.2 Å². The number of hydrogen-bond acceptors (Lipinski definition) is 9. The first-order chi connectivity index (χ1) is 23.6. The van der Waals surface area contributed by atoms with Gasteiger partial charge < -0.3 is 19.7 Å². The highest BCUT2D eigenvalue weighted by atomic mass is 32.2. The summed E-state index contributed by atoms with van der Waals surface area (Å²) in [5.41, 5.74) is -6.29. The molecule has 13 nitrogen and oxygen atoms in total. The lowest BCUT2D eigenvalue weighted by Crippen LogP contribution is -2.74. The number of quaternary nitrogens is 2. The molecule has 8 aliphatic rings. The standard InChI is InChI=1S/C36H56N2O11S2/c1-31(2)25-9-15-35(31,27-23(25)11-19-47-27)21-50(43,44)37(29(39)40)17-7-13-33(37,5)49-34(6)14-8-18-38(34,30(41)42)51(45,46)22-36-16-10-26(32(36,3)4)24-12-20-48-28(24)36/h23-28H,7-22H2,1-6H3/p+2/t23-,24-,25-,26?,27-,28-,33+,34+,35?,36-,37?,38?/m0/s1. The summed E-state index contributed by atoms with van der Waals surface area (Å²) in [5.74, 6) is 0.212. The van der Waals surface area contributed by atoms with Crippen LogP contribution < -0.4 is 0 Å². The van der Waals surface area contributed by atoms with Crippen LogP contribution in [-0.4, -0.2) is 108 Å². The second kappa shape index (κ2) is 10.7. The van der Waals surface area contributed by atoms with Gasteiger partial charge >= 0.3 is 32.2 Å². The van der Waals surface area contributed by atoms with E-state index in [0.29, 0.717) is 26.1 Å². The highest BCUT2D eigenvalue weighted by molar-refractivity contribution is 7.86. The molecule has 4 unspecified atom stereocenters. The molecular formula is C36H58N2O11S2+2. The Balaban J connectivity index is 1.18. The predicted octanol–water partition coefficient (Wildman–Crippen LogP) is 5.35. The molecule has 2 N–H and O–H groups in total. The maximum absolute atomic E-state index is 15.1. The molecule has 12 atom stereocenters. The minimum atomic E-state index is -4.57. The van der Waals surface area contributed by atoms with E-state index in [-0.39, 0.29) is 74.7 Å². The molecule has 15 heteroatoms. The molecule has 288 valence electrons. The van der Waals surface area contributed by atoms with Crippen LogP contribution in [0.5, 0.6) is 0 Å². The van der Waals surface area contributed by atoms with Gasteiger partial charge in [0.15, 0.2) is 0 Å². The average Bonchev–Trinajstić information content (AvgIpc) is 3.86. The fourth-order valence-electron chi connectivity index (χ4n) is 14.7. The Morgan fingerprint density at radius 3 is 1.37 bits per heavy atom. The van der Waals surface area contributed by atoms with Gasteiger partial charge in [-0.25, -0.2) is 0 Å². The second-order valence-electron chi connectivity index (χ2n) is 19.1. The molecule has 2 amide bonds. The molecule has 4 saturated heterocycles. The van der Waals surface area contributed by atoms with Gasteiger partial charge in [-0.3, -0.25) is 4.74 Å². The summed E-state index contributed by atoms with van der Waals surface area (Å²) in [6.45, 7) is 11.8. The number of amides is 2. The fraction of sp³-hybridized carbons (Fsp3) is 0.944. The smallest absolute Gasteiger partial charge is 0.434 e. The van der Waals surface area contributed by atoms with Crippen LogP contribution in [0.15, 0.2) is 0 Å². The largest absolute Gasteiger partial charge is 0.531 e. The molecule has 8 fully saturated rings. The summed E-state index contributed by atoms with van der Waals surface area (Å²) in [6, 6.07) is 0. The van der Waals surface area contributed by atoms with Crippen molar-refractivity contribution < 1.29 is 58.6 Å². The Hall–Kier alpha value is -1.36. The summed E-state index contributed by atoms with van der Waals surface area (Å²) >= 11 is 0. The first-order valence-corrected chi connectivity index (χ1v) is 22.4. The van der Waals surface area contributed by atoms with Crippen LogP contribution in [0.25, 0.3) is 0 Å². The molecule has 4 aliphatic heterocycles. The second-order valence-corrected chi connectivity index (χ2v) is 23.3. The molecule has 8 rings (SSSR count). The van der Waals surface area contributed by atoms with Crippen molar-refractivity contribution in [3.63, 3.8) is 0 Å². The quantitative estimate of drug-likeness (QED) is 0.306. The van der Waals surface area contributed by atoms with Crippen molar-refractivity contribution in [1.82, 2.24) is 0 Å². The van der Waals surface area contributed by atoms with Crippen molar-refractivity contribution in [2.45, 2.75) is 129 Å². The zero-order valence-corrected chi connectivity index (χ0v) is 32.7. The molecule has 0 radical (unpaired) electrons. The summed E-state index contributed by atoms with van der Waals surface area (Å²) in [7, 11) is -9.13. The summed E-state index contributed by atoms with van der Waals surface area (Å²) in [4.78, 5) is 27.3. The molecule has 0 spiro atoms. The van der Waals surface area contributed by atoms with E-state index in [1.807, 2.05) is 0 Å². The van der Waals surface area contributed by atoms with Crippen LogP contribution in [0.2, 0.25) is 0 Å². The topological polar surface area (TPSA) is 171 Å². The Kier molecular flexibility index (Phi) is 7.67. The first-order valence-electron chi connectivity index (χ1n) is 19.2. The number of sulfonamides is 2. The van der Waals surface area contributed by atoms with Gasteiger partial charge in [-0.05, 0) is 73.0 Å². The third-order valence-corrected chi connectivity index (χ3v) is 22.4. The van der Waals surface area contributed by atoms with Gasteiger partial charge in [0.25, 0.3) is 0 Å². The van der Waals surface area contributed by atoms with Gasteiger partial charge in [0.1, 0.15) is 24.6 Å². The van der Waals surface area contributed by atoms with E-state index in [4.69, 9.17) is 14.2 Å². The number of nitrogens with zero attached hydrogens (tertiary/aromatic N) is 2. The number of likely N-dealkylation sites (tertiary alicyclic amines) is 2. The van der Waals surface area contributed by atoms with Gasteiger partial charge in [0.2, 0.25) is 11.4 Å². The number of carboxylic acid groups (broad SMARTS) is 2. The third-order valence-electron chi connectivity index (χ3n) is 17.3. The number of hydrogen-bond donors (Lipinski definition) is 2. The average molecular weight is 759 g/mol. The maximum Gasteiger partial charge on any atom is 0.531 e. The molecular weight excluding hydrogens is 701 g/mol. The van der Waals surface area contributed by atoms with E-state index in [1.54, 1.807) is 0 Å². The van der Waals surface area contributed by atoms with Crippen LogP contribution in [0.3, 0.4) is 0 Å². The zero-order chi connectivity index (χ0) is 37.1. The van der Waals surface area contributed by atoms with E-state index in [9.17, 15) is 19.8 Å². The SMILES string of the molecule is CC1(C)[C@H]2CCC1(CS(=O)(=O)[N+]1(C(=O)O)CCC[C@@]1(C)O[C@]1(C)CCC[N+]1(C(=O)O)S(=O)(=O)C[C@@]13CCC([C@@H]4CCO[C@@H]41)C3(C)C)[C@H]1OCC[C@@H]21. The minimum Gasteiger partial charge on any atom is -0.434 e. The molecule has 4 heterocycles. The molecule has 51 heavy (non-hydrogen) atoms. The highest BCUT2D eigenvalue weighted by Gasteiger charge is 2.79. The Morgan fingerprint density at radius 2 is 1.02 bits per heavy atom. The third kappa shape index (κ3) is 4.00. The van der Waals surface area contributed by atoms with Gasteiger partial charge in [-0.1, -0.05) is 35.5 Å². The van der Waals surface area contributed by atoms with Gasteiger partial charge in [-0.2, -0.15) is 26.4 Å². The fourth-order valence-corrected chi connectivity index (χ4v) is 20.5. The van der Waals surface area contributed by atoms with Crippen LogP contribution in [0.1, 0.15) is 106 Å². The van der Waals surface area contributed by atoms with Crippen molar-refractivity contribution in [2.24, 2.45) is 45.3 Å². The van der Waals surface area contributed by atoms with Crippen LogP contribution in [-0.2, 0) is 34.3 Å².